The van der Waals surface area contributed by atoms with Gasteiger partial charge in [-0.25, -0.2) is 0 Å². The summed E-state index contributed by atoms with van der Waals surface area (Å²) < 4.78 is 22.9. The molecule has 2 aromatic carbocycles. The Bertz CT molecular complexity index is 990. The molecule has 1 heterocycles. The maximum Gasteiger partial charge on any atom is 0.263 e. The van der Waals surface area contributed by atoms with Gasteiger partial charge in [0.1, 0.15) is 23.3 Å². The third-order valence-corrected chi connectivity index (χ3v) is 5.75. The van der Waals surface area contributed by atoms with Crippen LogP contribution in [-0.2, 0) is 9.53 Å². The van der Waals surface area contributed by atoms with Gasteiger partial charge in [-0.1, -0.05) is 36.1 Å². The Kier molecular flexibility index (Phi) is 8.34. The molecule has 3 rings (SSSR count). The Morgan fingerprint density at radius 1 is 0.968 bits per heavy atom. The number of carbonyl (C=O) groups is 1. The fraction of sp³-hybridized carbons (Fsp3) is 0.304. The molecule has 6 nitrogen and oxygen atoms in total. The maximum atomic E-state index is 11.8. The van der Waals surface area contributed by atoms with Crippen LogP contribution in [0.25, 0.3) is 6.08 Å². The van der Waals surface area contributed by atoms with Crippen molar-refractivity contribution in [3.05, 3.63) is 58.0 Å². The summed E-state index contributed by atoms with van der Waals surface area (Å²) in [7, 11) is 1.58. The van der Waals surface area contributed by atoms with Crippen molar-refractivity contribution in [1.82, 2.24) is 5.32 Å². The number of thiocarbonyl (C=S) groups is 1. The van der Waals surface area contributed by atoms with Gasteiger partial charge in [0.05, 0.1) is 25.2 Å². The highest BCUT2D eigenvalue weighted by Gasteiger charge is 2.22. The lowest BCUT2D eigenvalue weighted by Crippen LogP contribution is -2.17. The molecular formula is C23H25NO5S2. The Balaban J connectivity index is 1.42. The van der Waals surface area contributed by atoms with E-state index in [1.54, 1.807) is 13.2 Å². The van der Waals surface area contributed by atoms with E-state index in [2.05, 4.69) is 19.2 Å². The van der Waals surface area contributed by atoms with Crippen LogP contribution in [0.15, 0.2) is 41.3 Å². The fourth-order valence-electron chi connectivity index (χ4n) is 2.80. The summed E-state index contributed by atoms with van der Waals surface area (Å²) >= 11 is 6.25. The summed E-state index contributed by atoms with van der Waals surface area (Å²) in [5, 5.41) is 2.60. The van der Waals surface area contributed by atoms with Crippen LogP contribution in [0.5, 0.6) is 17.2 Å². The van der Waals surface area contributed by atoms with Gasteiger partial charge in [-0.05, 0) is 60.9 Å². The van der Waals surface area contributed by atoms with Crippen LogP contribution < -0.4 is 19.5 Å². The number of thioether (sulfide) groups is 1. The van der Waals surface area contributed by atoms with Crippen LogP contribution in [-0.4, -0.2) is 43.8 Å². The highest BCUT2D eigenvalue weighted by Crippen LogP contribution is 2.31. The molecule has 0 saturated carbocycles. The SMILES string of the molecule is COc1cc(/C=C2/SC(=S)NC2=O)ccc1OCCOCCOc1ccc(C)c(C)c1. The van der Waals surface area contributed by atoms with Gasteiger partial charge in [-0.3, -0.25) is 4.79 Å². The first kappa shape index (κ1) is 23.1. The van der Waals surface area contributed by atoms with Gasteiger partial charge in [0, 0.05) is 0 Å². The first-order valence-electron chi connectivity index (χ1n) is 9.80. The molecule has 1 saturated heterocycles. The van der Waals surface area contributed by atoms with Crippen molar-refractivity contribution < 1.29 is 23.7 Å². The van der Waals surface area contributed by atoms with Crippen LogP contribution in [0, 0.1) is 13.8 Å². The first-order chi connectivity index (χ1) is 15.0. The molecule has 8 heteroatoms. The monoisotopic (exact) mass is 459 g/mol. The average Bonchev–Trinajstić information content (AvgIpc) is 3.07. The highest BCUT2D eigenvalue weighted by atomic mass is 32.2. The summed E-state index contributed by atoms with van der Waals surface area (Å²) in [6.45, 7) is 5.90. The largest absolute Gasteiger partial charge is 0.493 e. The molecule has 0 aliphatic carbocycles. The highest BCUT2D eigenvalue weighted by molar-refractivity contribution is 8.26. The first-order valence-corrected chi connectivity index (χ1v) is 11.0. The normalized spacial score (nSPS) is 14.6. The molecule has 1 aliphatic rings. The van der Waals surface area contributed by atoms with Crippen molar-refractivity contribution in [1.29, 1.82) is 0 Å². The van der Waals surface area contributed by atoms with Crippen LogP contribution >= 0.6 is 24.0 Å². The van der Waals surface area contributed by atoms with Crippen molar-refractivity contribution in [3.63, 3.8) is 0 Å². The molecule has 0 atom stereocenters. The van der Waals surface area contributed by atoms with E-state index in [0.29, 0.717) is 47.2 Å². The Hall–Kier alpha value is -2.55. The summed E-state index contributed by atoms with van der Waals surface area (Å²) in [5.41, 5.74) is 3.27. The standard InChI is InChI=1S/C23H25NO5S2/c1-15-4-6-18(12-16(15)2)28-10-8-27-9-11-29-19-7-5-17(13-20(19)26-3)14-21-22(25)24-23(30)31-21/h4-7,12-14H,8-11H2,1-3H3,(H,24,25,30)/b21-14+. The van der Waals surface area contributed by atoms with Gasteiger partial charge in [0.2, 0.25) is 0 Å². The number of hydrogen-bond acceptors (Lipinski definition) is 7. The zero-order chi connectivity index (χ0) is 22.2. The molecule has 0 radical (unpaired) electrons. The Morgan fingerprint density at radius 2 is 1.74 bits per heavy atom. The van der Waals surface area contributed by atoms with Crippen molar-refractivity contribution in [2.75, 3.05) is 33.5 Å². The van der Waals surface area contributed by atoms with E-state index in [-0.39, 0.29) is 5.91 Å². The van der Waals surface area contributed by atoms with Gasteiger partial charge in [-0.2, -0.15) is 0 Å². The molecule has 0 spiro atoms. The van der Waals surface area contributed by atoms with E-state index in [1.165, 1.54) is 22.9 Å². The minimum atomic E-state index is -0.187. The molecule has 164 valence electrons. The van der Waals surface area contributed by atoms with Crippen LogP contribution in [0.4, 0.5) is 0 Å². The number of rotatable bonds is 10. The molecule has 31 heavy (non-hydrogen) atoms. The molecule has 1 aliphatic heterocycles. The van der Waals surface area contributed by atoms with Crippen molar-refractivity contribution in [2.45, 2.75) is 13.8 Å². The molecule has 1 N–H and O–H groups in total. The Labute approximate surface area is 191 Å². The topological polar surface area (TPSA) is 66.0 Å². The number of aryl methyl sites for hydroxylation is 2. The third kappa shape index (κ3) is 6.72. The predicted octanol–water partition coefficient (Wildman–Crippen LogP) is 4.28. The maximum absolute atomic E-state index is 11.8. The van der Waals surface area contributed by atoms with Crippen LogP contribution in [0.2, 0.25) is 0 Å². The van der Waals surface area contributed by atoms with Gasteiger partial charge >= 0.3 is 0 Å². The molecule has 1 fully saturated rings. The van der Waals surface area contributed by atoms with Crippen LogP contribution in [0.1, 0.15) is 16.7 Å². The van der Waals surface area contributed by atoms with Gasteiger partial charge in [-0.15, -0.1) is 0 Å². The van der Waals surface area contributed by atoms with E-state index in [4.69, 9.17) is 31.2 Å². The second-order valence-corrected chi connectivity index (χ2v) is 8.54. The Morgan fingerprint density at radius 3 is 2.42 bits per heavy atom. The average molecular weight is 460 g/mol. The van der Waals surface area contributed by atoms with E-state index in [1.807, 2.05) is 36.4 Å². The zero-order valence-electron chi connectivity index (χ0n) is 17.7. The minimum absolute atomic E-state index is 0.187. The van der Waals surface area contributed by atoms with Gasteiger partial charge < -0.3 is 24.3 Å². The number of methoxy groups -OCH3 is 1. The van der Waals surface area contributed by atoms with Crippen molar-refractivity contribution >= 4 is 40.3 Å². The second-order valence-electron chi connectivity index (χ2n) is 6.82. The van der Waals surface area contributed by atoms with E-state index < -0.39 is 0 Å². The lowest BCUT2D eigenvalue weighted by molar-refractivity contribution is -0.115. The van der Waals surface area contributed by atoms with Gasteiger partial charge in [0.25, 0.3) is 5.91 Å². The summed E-state index contributed by atoms with van der Waals surface area (Å²) in [5.74, 6) is 1.85. The lowest BCUT2D eigenvalue weighted by atomic mass is 10.1. The van der Waals surface area contributed by atoms with E-state index in [0.717, 1.165) is 11.3 Å². The zero-order valence-corrected chi connectivity index (χ0v) is 19.4. The number of benzene rings is 2. The smallest absolute Gasteiger partial charge is 0.263 e. The summed E-state index contributed by atoms with van der Waals surface area (Å²) in [4.78, 5) is 12.4. The fourth-order valence-corrected chi connectivity index (χ4v) is 3.84. The van der Waals surface area contributed by atoms with E-state index >= 15 is 0 Å². The van der Waals surface area contributed by atoms with Gasteiger partial charge in [0.15, 0.2) is 11.5 Å². The van der Waals surface area contributed by atoms with Crippen LogP contribution in [0.3, 0.4) is 0 Å². The molecular weight excluding hydrogens is 434 g/mol. The number of nitrogens with one attached hydrogen (secondary N) is 1. The molecule has 1 amide bonds. The van der Waals surface area contributed by atoms with E-state index in [9.17, 15) is 4.79 Å². The predicted molar refractivity (Wildman–Crippen MR) is 127 cm³/mol. The third-order valence-electron chi connectivity index (χ3n) is 4.59. The molecule has 0 aromatic heterocycles. The number of hydrogen-bond donors (Lipinski definition) is 1. The number of amides is 1. The van der Waals surface area contributed by atoms with Crippen molar-refractivity contribution in [3.8, 4) is 17.2 Å². The quantitative estimate of drug-likeness (QED) is 0.323. The van der Waals surface area contributed by atoms with Crippen molar-refractivity contribution in [2.24, 2.45) is 0 Å². The summed E-state index contributed by atoms with van der Waals surface area (Å²) in [6.07, 6.45) is 1.77. The molecule has 0 unspecified atom stereocenters. The lowest BCUT2D eigenvalue weighted by Gasteiger charge is -2.12. The minimum Gasteiger partial charge on any atom is -0.493 e. The number of carbonyl (C=O) groups excluding carboxylic acids is 1. The molecule has 2 aromatic rings. The second kappa shape index (κ2) is 11.2. The number of ether oxygens (including phenoxy) is 4. The molecule has 0 bridgehead atoms. The summed E-state index contributed by atoms with van der Waals surface area (Å²) in [6, 6.07) is 11.5.